The van der Waals surface area contributed by atoms with Crippen molar-refractivity contribution in [2.24, 2.45) is 0 Å². The number of carboxylic acid groups (broad SMARTS) is 2. The monoisotopic (exact) mass is 228 g/mol. The molecule has 0 aromatic heterocycles. The summed E-state index contributed by atoms with van der Waals surface area (Å²) >= 11 is 5.69. The average Bonchev–Trinajstić information content (AvgIpc) is 2.13. The van der Waals surface area contributed by atoms with Crippen LogP contribution in [0.5, 0.6) is 0 Å². The van der Waals surface area contributed by atoms with Gasteiger partial charge in [0.25, 0.3) is 0 Å². The van der Waals surface area contributed by atoms with Crippen molar-refractivity contribution in [2.45, 2.75) is 12.3 Å². The van der Waals surface area contributed by atoms with Gasteiger partial charge in [-0.1, -0.05) is 23.7 Å². The summed E-state index contributed by atoms with van der Waals surface area (Å²) in [4.78, 5) is 21.3. The molecule has 2 N–H and O–H groups in total. The quantitative estimate of drug-likeness (QED) is 0.826. The molecule has 15 heavy (non-hydrogen) atoms. The molecule has 0 aliphatic heterocycles. The maximum Gasteiger partial charge on any atom is 0.311 e. The molecule has 1 atom stereocenters. The van der Waals surface area contributed by atoms with Crippen molar-refractivity contribution in [2.75, 3.05) is 0 Å². The molecule has 1 rings (SSSR count). The Labute approximate surface area is 91.1 Å². The number of carboxylic acids is 2. The van der Waals surface area contributed by atoms with Crippen LogP contribution in [0.3, 0.4) is 0 Å². The van der Waals surface area contributed by atoms with Gasteiger partial charge in [0.2, 0.25) is 0 Å². The molecule has 0 saturated heterocycles. The lowest BCUT2D eigenvalue weighted by atomic mass is 9.96. The first-order chi connectivity index (χ1) is 7.00. The largest absolute Gasteiger partial charge is 0.481 e. The van der Waals surface area contributed by atoms with Crippen LogP contribution in [0.25, 0.3) is 0 Å². The standard InChI is InChI=1S/C10H9ClO4/c11-7-3-1-2-6(4-7)8(10(14)15)5-9(12)13/h1-4,8H,5H2,(H,12,13)(H,14,15)/t8-/m0/s1. The van der Waals surface area contributed by atoms with Crippen molar-refractivity contribution in [3.63, 3.8) is 0 Å². The Morgan fingerprint density at radius 2 is 2.00 bits per heavy atom. The molecular weight excluding hydrogens is 220 g/mol. The summed E-state index contributed by atoms with van der Waals surface area (Å²) in [7, 11) is 0. The number of hydrogen-bond donors (Lipinski definition) is 2. The predicted molar refractivity (Wildman–Crippen MR) is 54.1 cm³/mol. The van der Waals surface area contributed by atoms with Gasteiger partial charge in [-0.2, -0.15) is 0 Å². The highest BCUT2D eigenvalue weighted by Crippen LogP contribution is 2.22. The highest BCUT2D eigenvalue weighted by atomic mass is 35.5. The van der Waals surface area contributed by atoms with E-state index in [9.17, 15) is 9.59 Å². The van der Waals surface area contributed by atoms with Crippen LogP contribution in [0.1, 0.15) is 17.9 Å². The van der Waals surface area contributed by atoms with Gasteiger partial charge in [0.15, 0.2) is 0 Å². The molecule has 4 nitrogen and oxygen atoms in total. The number of benzene rings is 1. The van der Waals surface area contributed by atoms with Gasteiger partial charge in [-0.05, 0) is 17.7 Å². The Kier molecular flexibility index (Phi) is 3.68. The third kappa shape index (κ3) is 3.25. The Morgan fingerprint density at radius 3 is 2.47 bits per heavy atom. The predicted octanol–water partition coefficient (Wildman–Crippen LogP) is 1.98. The third-order valence-corrected chi connectivity index (χ3v) is 2.16. The zero-order valence-electron chi connectivity index (χ0n) is 7.68. The third-order valence-electron chi connectivity index (χ3n) is 1.93. The molecule has 0 spiro atoms. The molecular formula is C10H9ClO4. The molecule has 5 heteroatoms. The van der Waals surface area contributed by atoms with Crippen LogP contribution in [0.4, 0.5) is 0 Å². The van der Waals surface area contributed by atoms with Gasteiger partial charge < -0.3 is 10.2 Å². The van der Waals surface area contributed by atoms with Crippen molar-refractivity contribution in [3.05, 3.63) is 34.9 Å². The molecule has 0 saturated carbocycles. The van der Waals surface area contributed by atoms with E-state index in [0.29, 0.717) is 10.6 Å². The number of rotatable bonds is 4. The number of aliphatic carboxylic acids is 2. The molecule has 0 fully saturated rings. The van der Waals surface area contributed by atoms with Gasteiger partial charge in [0.05, 0.1) is 12.3 Å². The second-order valence-electron chi connectivity index (χ2n) is 3.04. The van der Waals surface area contributed by atoms with Gasteiger partial charge in [0.1, 0.15) is 0 Å². The summed E-state index contributed by atoms with van der Waals surface area (Å²) in [5, 5.41) is 17.8. The van der Waals surface area contributed by atoms with Crippen LogP contribution in [0, 0.1) is 0 Å². The van der Waals surface area contributed by atoms with Crippen molar-refractivity contribution < 1.29 is 19.8 Å². The first-order valence-electron chi connectivity index (χ1n) is 4.20. The second kappa shape index (κ2) is 4.79. The molecule has 0 unspecified atom stereocenters. The van der Waals surface area contributed by atoms with E-state index in [0.717, 1.165) is 0 Å². The van der Waals surface area contributed by atoms with Gasteiger partial charge in [0, 0.05) is 5.02 Å². The van der Waals surface area contributed by atoms with E-state index in [1.54, 1.807) is 18.2 Å². The normalized spacial score (nSPS) is 12.1. The number of carbonyl (C=O) groups is 2. The summed E-state index contributed by atoms with van der Waals surface area (Å²) in [6.07, 6.45) is -0.449. The van der Waals surface area contributed by atoms with E-state index < -0.39 is 24.3 Å². The van der Waals surface area contributed by atoms with Crippen molar-refractivity contribution in [3.8, 4) is 0 Å². The highest BCUT2D eigenvalue weighted by molar-refractivity contribution is 6.30. The van der Waals surface area contributed by atoms with Crippen molar-refractivity contribution >= 4 is 23.5 Å². The molecule has 1 aromatic carbocycles. The molecule has 0 aliphatic rings. The van der Waals surface area contributed by atoms with Crippen LogP contribution in [0.2, 0.25) is 5.02 Å². The van der Waals surface area contributed by atoms with E-state index in [2.05, 4.69) is 0 Å². The molecule has 0 aliphatic carbocycles. The molecule has 1 aromatic rings. The van der Waals surface area contributed by atoms with E-state index in [1.807, 2.05) is 0 Å². The summed E-state index contributed by atoms with van der Waals surface area (Å²) in [6.45, 7) is 0. The number of hydrogen-bond acceptors (Lipinski definition) is 2. The Balaban J connectivity index is 2.98. The van der Waals surface area contributed by atoms with E-state index >= 15 is 0 Å². The van der Waals surface area contributed by atoms with E-state index in [1.165, 1.54) is 6.07 Å². The second-order valence-corrected chi connectivity index (χ2v) is 3.48. The first-order valence-corrected chi connectivity index (χ1v) is 4.58. The van der Waals surface area contributed by atoms with Crippen LogP contribution in [-0.4, -0.2) is 22.2 Å². The van der Waals surface area contributed by atoms with E-state index in [4.69, 9.17) is 21.8 Å². The lowest BCUT2D eigenvalue weighted by molar-refractivity contribution is -0.145. The van der Waals surface area contributed by atoms with Crippen LogP contribution < -0.4 is 0 Å². The summed E-state index contributed by atoms with van der Waals surface area (Å²) in [5.41, 5.74) is 0.400. The lowest BCUT2D eigenvalue weighted by Crippen LogP contribution is -2.15. The van der Waals surface area contributed by atoms with Crippen LogP contribution >= 0.6 is 11.6 Å². The molecule has 0 bridgehead atoms. The first kappa shape index (κ1) is 11.5. The maximum atomic E-state index is 10.8. The number of halogens is 1. The topological polar surface area (TPSA) is 74.6 Å². The summed E-state index contributed by atoms with van der Waals surface area (Å²) < 4.78 is 0. The zero-order valence-corrected chi connectivity index (χ0v) is 8.44. The van der Waals surface area contributed by atoms with Crippen molar-refractivity contribution in [1.29, 1.82) is 0 Å². The van der Waals surface area contributed by atoms with Crippen LogP contribution in [-0.2, 0) is 9.59 Å². The summed E-state index contributed by atoms with van der Waals surface area (Å²) in [5.74, 6) is -3.37. The van der Waals surface area contributed by atoms with Gasteiger partial charge >= 0.3 is 11.9 Å². The minimum absolute atomic E-state index is 0.393. The Morgan fingerprint density at radius 1 is 1.33 bits per heavy atom. The van der Waals surface area contributed by atoms with Gasteiger partial charge in [-0.3, -0.25) is 9.59 Å². The minimum atomic E-state index is -1.17. The van der Waals surface area contributed by atoms with E-state index in [-0.39, 0.29) is 0 Å². The van der Waals surface area contributed by atoms with Crippen LogP contribution in [0.15, 0.2) is 24.3 Å². The molecule has 80 valence electrons. The minimum Gasteiger partial charge on any atom is -0.481 e. The fourth-order valence-electron chi connectivity index (χ4n) is 1.25. The molecule has 0 heterocycles. The van der Waals surface area contributed by atoms with Gasteiger partial charge in [-0.15, -0.1) is 0 Å². The SMILES string of the molecule is O=C(O)C[C@H](C(=O)O)c1cccc(Cl)c1. The Bertz CT molecular complexity index is 389. The molecule has 0 radical (unpaired) electrons. The summed E-state index contributed by atoms with van der Waals surface area (Å²) in [6, 6.07) is 6.21. The fraction of sp³-hybridized carbons (Fsp3) is 0.200. The lowest BCUT2D eigenvalue weighted by Gasteiger charge is -2.10. The van der Waals surface area contributed by atoms with Crippen molar-refractivity contribution in [1.82, 2.24) is 0 Å². The zero-order chi connectivity index (χ0) is 11.4. The highest BCUT2D eigenvalue weighted by Gasteiger charge is 2.22. The smallest absolute Gasteiger partial charge is 0.311 e. The molecule has 0 amide bonds. The van der Waals surface area contributed by atoms with Gasteiger partial charge in [-0.25, -0.2) is 0 Å². The maximum absolute atomic E-state index is 10.8. The fourth-order valence-corrected chi connectivity index (χ4v) is 1.44. The average molecular weight is 229 g/mol. The Hall–Kier alpha value is -1.55.